The first kappa shape index (κ1) is 22.7. The highest BCUT2D eigenvalue weighted by molar-refractivity contribution is 5.90. The second-order valence-electron chi connectivity index (χ2n) is 9.96. The Morgan fingerprint density at radius 2 is 1.97 bits per heavy atom. The molecular formula is C26H36O5. The minimum Gasteiger partial charge on any atom is -0.396 e. The molecule has 5 heteroatoms. The third-order valence-electron chi connectivity index (χ3n) is 8.85. The maximum absolute atomic E-state index is 14.1. The van der Waals surface area contributed by atoms with Crippen molar-refractivity contribution in [3.63, 3.8) is 0 Å². The van der Waals surface area contributed by atoms with Crippen molar-refractivity contribution in [2.24, 2.45) is 28.6 Å². The van der Waals surface area contributed by atoms with E-state index in [4.69, 9.17) is 9.84 Å². The van der Waals surface area contributed by atoms with E-state index in [0.29, 0.717) is 12.8 Å². The van der Waals surface area contributed by atoms with E-state index in [1.807, 2.05) is 18.2 Å². The number of hydrogen-bond acceptors (Lipinski definition) is 5. The van der Waals surface area contributed by atoms with Crippen molar-refractivity contribution in [3.8, 4) is 0 Å². The smallest absolute Gasteiger partial charge is 0.185 e. The van der Waals surface area contributed by atoms with Crippen molar-refractivity contribution in [1.29, 1.82) is 0 Å². The van der Waals surface area contributed by atoms with Crippen molar-refractivity contribution >= 4 is 5.78 Å². The third-order valence-corrected chi connectivity index (χ3v) is 8.85. The molecule has 6 atom stereocenters. The Bertz CT molecular complexity index is 865. The topological polar surface area (TPSA) is 87.0 Å². The first-order valence-corrected chi connectivity index (χ1v) is 11.6. The zero-order valence-corrected chi connectivity index (χ0v) is 18.8. The SMILES string of the molecule is C=C1C2C(CO)C3CCCC1(C)C3(C(=O)CCc1cccc(CCCO)c1)C2(O)OC. The van der Waals surface area contributed by atoms with E-state index in [-0.39, 0.29) is 30.8 Å². The zero-order valence-electron chi connectivity index (χ0n) is 18.8. The summed E-state index contributed by atoms with van der Waals surface area (Å²) in [6, 6.07) is 8.17. The van der Waals surface area contributed by atoms with E-state index in [1.165, 1.54) is 7.11 Å². The summed E-state index contributed by atoms with van der Waals surface area (Å²) in [7, 11) is 1.48. The molecule has 1 aromatic carbocycles. The van der Waals surface area contributed by atoms with Crippen LogP contribution < -0.4 is 0 Å². The fourth-order valence-electron chi connectivity index (χ4n) is 7.63. The fraction of sp³-hybridized carbons (Fsp3) is 0.654. The van der Waals surface area contributed by atoms with Gasteiger partial charge in [0.1, 0.15) is 5.78 Å². The molecule has 0 spiro atoms. The lowest BCUT2D eigenvalue weighted by molar-refractivity contribution is -0.265. The van der Waals surface area contributed by atoms with Crippen LogP contribution in [0.5, 0.6) is 0 Å². The van der Waals surface area contributed by atoms with Gasteiger partial charge >= 0.3 is 0 Å². The normalized spacial score (nSPS) is 38.6. The van der Waals surface area contributed by atoms with Crippen LogP contribution in [0, 0.1) is 28.6 Å². The quantitative estimate of drug-likeness (QED) is 0.416. The maximum atomic E-state index is 14.1. The number of fused-ring (bicyclic) bond motifs is 1. The van der Waals surface area contributed by atoms with E-state index in [0.717, 1.165) is 48.8 Å². The summed E-state index contributed by atoms with van der Waals surface area (Å²) < 4.78 is 5.77. The predicted molar refractivity (Wildman–Crippen MR) is 118 cm³/mol. The lowest BCUT2D eigenvalue weighted by atomic mass is 9.47. The molecule has 0 radical (unpaired) electrons. The molecule has 3 aliphatic rings. The summed E-state index contributed by atoms with van der Waals surface area (Å²) in [4.78, 5) is 14.1. The summed E-state index contributed by atoms with van der Waals surface area (Å²) in [5.41, 5.74) is 1.53. The van der Waals surface area contributed by atoms with Crippen LogP contribution in [-0.4, -0.2) is 47.2 Å². The molecule has 0 heterocycles. The van der Waals surface area contributed by atoms with E-state index in [2.05, 4.69) is 19.6 Å². The molecule has 3 saturated carbocycles. The number of ether oxygens (including phenoxy) is 1. The molecule has 4 rings (SSSR count). The molecule has 3 fully saturated rings. The maximum Gasteiger partial charge on any atom is 0.185 e. The molecule has 0 aliphatic heterocycles. The molecule has 3 N–H and O–H groups in total. The Kier molecular flexibility index (Phi) is 5.93. The van der Waals surface area contributed by atoms with Gasteiger partial charge in [0.15, 0.2) is 5.79 Å². The van der Waals surface area contributed by atoms with Gasteiger partial charge in [0.25, 0.3) is 0 Å². The molecule has 170 valence electrons. The highest BCUT2D eigenvalue weighted by atomic mass is 16.6. The summed E-state index contributed by atoms with van der Waals surface area (Å²) in [6.45, 7) is 6.50. The van der Waals surface area contributed by atoms with Crippen LogP contribution in [0.1, 0.15) is 50.2 Å². The largest absolute Gasteiger partial charge is 0.396 e. The standard InChI is InChI=1S/C26H36O5/c1-17-23-20(16-28)21-10-5-13-24(17,2)25(21,26(23,30)31-3)22(29)12-11-19-8-4-7-18(15-19)9-6-14-27/h4,7-8,15,20-21,23,27-28,30H,1,5-6,9-14,16H2,2-3H3. The number of carbonyl (C=O) groups excluding carboxylic acids is 1. The van der Waals surface area contributed by atoms with Gasteiger partial charge in [-0.25, -0.2) is 0 Å². The molecular weight excluding hydrogens is 392 g/mol. The average molecular weight is 429 g/mol. The third kappa shape index (κ3) is 2.86. The number of aryl methyl sites for hydroxylation is 2. The number of benzene rings is 1. The van der Waals surface area contributed by atoms with Crippen LogP contribution in [0.4, 0.5) is 0 Å². The molecule has 1 aromatic rings. The van der Waals surface area contributed by atoms with Gasteiger partial charge in [-0.05, 0) is 55.1 Å². The molecule has 2 bridgehead atoms. The van der Waals surface area contributed by atoms with Gasteiger partial charge in [-0.2, -0.15) is 0 Å². The molecule has 0 aromatic heterocycles. The van der Waals surface area contributed by atoms with E-state index < -0.39 is 22.5 Å². The number of methoxy groups -OCH3 is 1. The first-order valence-electron chi connectivity index (χ1n) is 11.6. The van der Waals surface area contributed by atoms with Crippen molar-refractivity contribution in [3.05, 3.63) is 47.5 Å². The van der Waals surface area contributed by atoms with Gasteiger partial charge in [0, 0.05) is 38.1 Å². The molecule has 0 amide bonds. The van der Waals surface area contributed by atoms with E-state index in [1.54, 1.807) is 0 Å². The molecule has 6 unspecified atom stereocenters. The highest BCUT2D eigenvalue weighted by Gasteiger charge is 2.84. The summed E-state index contributed by atoms with van der Waals surface area (Å²) in [5, 5.41) is 31.1. The lowest BCUT2D eigenvalue weighted by Crippen LogP contribution is -2.61. The van der Waals surface area contributed by atoms with Crippen LogP contribution in [0.2, 0.25) is 0 Å². The van der Waals surface area contributed by atoms with Gasteiger partial charge in [0.2, 0.25) is 0 Å². The zero-order chi connectivity index (χ0) is 22.4. The monoisotopic (exact) mass is 428 g/mol. The minimum atomic E-state index is -1.61. The number of ketones is 1. The molecule has 31 heavy (non-hydrogen) atoms. The summed E-state index contributed by atoms with van der Waals surface area (Å²) in [6.07, 6.45) is 5.04. The first-order chi connectivity index (χ1) is 14.8. The Morgan fingerprint density at radius 1 is 1.26 bits per heavy atom. The average Bonchev–Trinajstić information content (AvgIpc) is 3.10. The van der Waals surface area contributed by atoms with E-state index >= 15 is 0 Å². The number of Topliss-reactive ketones (excluding diaryl/α,β-unsaturated/α-hetero) is 1. The lowest BCUT2D eigenvalue weighted by Gasteiger charge is -2.55. The number of rotatable bonds is 9. The molecule has 3 aliphatic carbocycles. The van der Waals surface area contributed by atoms with Gasteiger partial charge in [-0.1, -0.05) is 49.8 Å². The second kappa shape index (κ2) is 8.11. The van der Waals surface area contributed by atoms with Gasteiger partial charge < -0.3 is 20.1 Å². The van der Waals surface area contributed by atoms with Gasteiger partial charge in [0.05, 0.1) is 5.41 Å². The molecule has 0 saturated heterocycles. The minimum absolute atomic E-state index is 0.0319. The van der Waals surface area contributed by atoms with Crippen LogP contribution in [0.3, 0.4) is 0 Å². The Hall–Kier alpha value is -1.53. The van der Waals surface area contributed by atoms with Crippen LogP contribution in [0.15, 0.2) is 36.4 Å². The highest BCUT2D eigenvalue weighted by Crippen LogP contribution is 2.79. The Balaban J connectivity index is 1.66. The van der Waals surface area contributed by atoms with Crippen molar-refractivity contribution in [2.45, 2.75) is 57.7 Å². The predicted octanol–water partition coefficient (Wildman–Crippen LogP) is 3.05. The van der Waals surface area contributed by atoms with Gasteiger partial charge in [-0.15, -0.1) is 0 Å². The van der Waals surface area contributed by atoms with E-state index in [9.17, 15) is 15.0 Å². The van der Waals surface area contributed by atoms with Gasteiger partial charge in [-0.3, -0.25) is 4.79 Å². The summed E-state index contributed by atoms with van der Waals surface area (Å²) in [5.74, 6) is -2.29. The van der Waals surface area contributed by atoms with Crippen LogP contribution in [-0.2, 0) is 22.4 Å². The fourth-order valence-corrected chi connectivity index (χ4v) is 7.63. The Morgan fingerprint density at radius 3 is 2.61 bits per heavy atom. The number of carbonyl (C=O) groups is 1. The number of aliphatic hydroxyl groups is 3. The van der Waals surface area contributed by atoms with Crippen molar-refractivity contribution in [2.75, 3.05) is 20.3 Å². The molecule has 5 nitrogen and oxygen atoms in total. The van der Waals surface area contributed by atoms with Crippen molar-refractivity contribution < 1.29 is 24.9 Å². The Labute approximate surface area is 185 Å². The number of aliphatic hydroxyl groups excluding tert-OH is 2. The summed E-state index contributed by atoms with van der Waals surface area (Å²) >= 11 is 0. The van der Waals surface area contributed by atoms with Crippen molar-refractivity contribution in [1.82, 2.24) is 0 Å². The van der Waals surface area contributed by atoms with Crippen LogP contribution in [0.25, 0.3) is 0 Å². The van der Waals surface area contributed by atoms with Crippen LogP contribution >= 0.6 is 0 Å². The second-order valence-corrected chi connectivity index (χ2v) is 9.96. The number of hydrogen-bond donors (Lipinski definition) is 3.